The number of nitrogens with one attached hydrogen (secondary N) is 1. The minimum atomic E-state index is -0.387. The zero-order chi connectivity index (χ0) is 18.6. The first kappa shape index (κ1) is 17.2. The largest absolute Gasteiger partial charge is 0.354 e. The fourth-order valence-corrected chi connectivity index (χ4v) is 3.40. The molecule has 0 saturated carbocycles. The van der Waals surface area contributed by atoms with E-state index in [1.54, 1.807) is 12.1 Å². The smallest absolute Gasteiger partial charge is 0.271 e. The summed E-state index contributed by atoms with van der Waals surface area (Å²) in [6.07, 6.45) is 0. The van der Waals surface area contributed by atoms with Gasteiger partial charge in [0.05, 0.1) is 10.6 Å². The fourth-order valence-electron chi connectivity index (χ4n) is 3.40. The molecule has 1 aliphatic rings. The molecule has 0 spiro atoms. The molecule has 0 atom stereocenters. The zero-order valence-electron chi connectivity index (χ0n) is 14.8. The fraction of sp³-hybridized carbons (Fsp3) is 0.190. The molecule has 6 nitrogen and oxygen atoms in total. The van der Waals surface area contributed by atoms with Crippen molar-refractivity contribution in [2.45, 2.75) is 0 Å². The molecule has 1 fully saturated rings. The molecule has 0 unspecified atom stereocenters. The number of hydrogen-bond donors (Lipinski definition) is 1. The highest BCUT2D eigenvalue weighted by Gasteiger charge is 2.19. The SMILES string of the molecule is O=[N+]([O-])c1cccc(N=C(c2cccc3ccccc23)N2CCNCC2)c1. The van der Waals surface area contributed by atoms with Crippen molar-refractivity contribution in [3.05, 3.63) is 82.4 Å². The molecule has 1 N–H and O–H groups in total. The molecule has 1 heterocycles. The van der Waals surface area contributed by atoms with E-state index in [1.807, 2.05) is 18.2 Å². The van der Waals surface area contributed by atoms with E-state index in [2.05, 4.69) is 34.5 Å². The van der Waals surface area contributed by atoms with E-state index in [9.17, 15) is 10.1 Å². The maximum absolute atomic E-state index is 11.1. The monoisotopic (exact) mass is 360 g/mol. The van der Waals surface area contributed by atoms with Crippen LogP contribution in [0.2, 0.25) is 0 Å². The van der Waals surface area contributed by atoms with Crippen LogP contribution in [0.3, 0.4) is 0 Å². The van der Waals surface area contributed by atoms with Crippen LogP contribution in [-0.4, -0.2) is 41.8 Å². The van der Waals surface area contributed by atoms with Crippen LogP contribution in [0.5, 0.6) is 0 Å². The van der Waals surface area contributed by atoms with E-state index in [0.717, 1.165) is 48.4 Å². The maximum Gasteiger partial charge on any atom is 0.271 e. The van der Waals surface area contributed by atoms with Crippen LogP contribution in [-0.2, 0) is 0 Å². The molecule has 1 aliphatic heterocycles. The number of nitro groups is 1. The van der Waals surface area contributed by atoms with Crippen molar-refractivity contribution in [2.24, 2.45) is 4.99 Å². The average molecular weight is 360 g/mol. The lowest BCUT2D eigenvalue weighted by Crippen LogP contribution is -2.46. The highest BCUT2D eigenvalue weighted by atomic mass is 16.6. The molecule has 3 aromatic rings. The van der Waals surface area contributed by atoms with Gasteiger partial charge in [-0.15, -0.1) is 0 Å². The Hall–Kier alpha value is -3.25. The molecule has 4 rings (SSSR count). The van der Waals surface area contributed by atoms with Gasteiger partial charge in [0.2, 0.25) is 0 Å². The highest BCUT2D eigenvalue weighted by Crippen LogP contribution is 2.25. The number of piperazine rings is 1. The second-order valence-electron chi connectivity index (χ2n) is 6.48. The van der Waals surface area contributed by atoms with E-state index in [0.29, 0.717) is 5.69 Å². The summed E-state index contributed by atoms with van der Waals surface area (Å²) in [6.45, 7) is 3.46. The van der Waals surface area contributed by atoms with E-state index in [1.165, 1.54) is 12.1 Å². The number of nitrogens with zero attached hydrogens (tertiary/aromatic N) is 3. The van der Waals surface area contributed by atoms with Crippen LogP contribution in [0.1, 0.15) is 5.56 Å². The normalized spacial score (nSPS) is 15.1. The summed E-state index contributed by atoms with van der Waals surface area (Å²) < 4.78 is 0. The van der Waals surface area contributed by atoms with Crippen LogP contribution in [0.25, 0.3) is 10.8 Å². The van der Waals surface area contributed by atoms with Crippen LogP contribution >= 0.6 is 0 Å². The quantitative estimate of drug-likeness (QED) is 0.334. The number of amidine groups is 1. The van der Waals surface area contributed by atoms with Crippen LogP contribution in [0.15, 0.2) is 71.7 Å². The molecule has 0 radical (unpaired) electrons. The summed E-state index contributed by atoms with van der Waals surface area (Å²) in [4.78, 5) is 17.8. The molecule has 0 bridgehead atoms. The van der Waals surface area contributed by atoms with Crippen LogP contribution < -0.4 is 5.32 Å². The zero-order valence-corrected chi connectivity index (χ0v) is 14.8. The van der Waals surface area contributed by atoms with Gasteiger partial charge in [-0.25, -0.2) is 4.99 Å². The first-order valence-electron chi connectivity index (χ1n) is 8.99. The number of benzene rings is 3. The van der Waals surface area contributed by atoms with Gasteiger partial charge in [-0.05, 0) is 16.8 Å². The predicted octanol–water partition coefficient (Wildman–Crippen LogP) is 3.73. The Labute approximate surface area is 157 Å². The summed E-state index contributed by atoms with van der Waals surface area (Å²) in [7, 11) is 0. The molecule has 1 saturated heterocycles. The van der Waals surface area contributed by atoms with Crippen LogP contribution in [0.4, 0.5) is 11.4 Å². The van der Waals surface area contributed by atoms with Crippen molar-refractivity contribution in [3.63, 3.8) is 0 Å². The Balaban J connectivity index is 1.86. The van der Waals surface area contributed by atoms with Crippen molar-refractivity contribution < 1.29 is 4.92 Å². The number of non-ortho nitro benzene ring substituents is 1. The topological polar surface area (TPSA) is 70.8 Å². The van der Waals surface area contributed by atoms with E-state index in [-0.39, 0.29) is 10.6 Å². The van der Waals surface area contributed by atoms with Gasteiger partial charge in [-0.3, -0.25) is 10.1 Å². The molecular weight excluding hydrogens is 340 g/mol. The van der Waals surface area contributed by atoms with Gasteiger partial charge in [0.15, 0.2) is 0 Å². The third-order valence-corrected chi connectivity index (χ3v) is 4.72. The van der Waals surface area contributed by atoms with Gasteiger partial charge < -0.3 is 10.2 Å². The second-order valence-corrected chi connectivity index (χ2v) is 6.48. The lowest BCUT2D eigenvalue weighted by atomic mass is 10.0. The molecule has 0 aromatic heterocycles. The minimum absolute atomic E-state index is 0.0498. The highest BCUT2D eigenvalue weighted by molar-refractivity contribution is 6.10. The van der Waals surface area contributed by atoms with Gasteiger partial charge in [0.1, 0.15) is 5.84 Å². The standard InChI is InChI=1S/C21H20N4O2/c26-25(27)18-8-4-7-17(15-18)23-21(24-13-11-22-12-14-24)20-10-3-6-16-5-1-2-9-19(16)20/h1-10,15,22H,11-14H2. The number of fused-ring (bicyclic) bond motifs is 1. The van der Waals surface area contributed by atoms with Crippen molar-refractivity contribution >= 4 is 28.0 Å². The van der Waals surface area contributed by atoms with Crippen molar-refractivity contribution in [1.29, 1.82) is 0 Å². The van der Waals surface area contributed by atoms with E-state index >= 15 is 0 Å². The Morgan fingerprint density at radius 1 is 1.00 bits per heavy atom. The molecule has 0 aliphatic carbocycles. The Morgan fingerprint density at radius 2 is 1.74 bits per heavy atom. The molecular formula is C21H20N4O2. The van der Waals surface area contributed by atoms with Gasteiger partial charge in [0.25, 0.3) is 5.69 Å². The Bertz CT molecular complexity index is 1000. The molecule has 0 amide bonds. The summed E-state index contributed by atoms with van der Waals surface area (Å²) in [6, 6.07) is 20.9. The predicted molar refractivity (Wildman–Crippen MR) is 108 cm³/mol. The van der Waals surface area contributed by atoms with Gasteiger partial charge in [-0.1, -0.05) is 48.5 Å². The molecule has 136 valence electrons. The summed E-state index contributed by atoms with van der Waals surface area (Å²) in [5.41, 5.74) is 1.68. The van der Waals surface area contributed by atoms with Crippen molar-refractivity contribution in [1.82, 2.24) is 10.2 Å². The maximum atomic E-state index is 11.1. The van der Waals surface area contributed by atoms with Gasteiger partial charge in [-0.2, -0.15) is 0 Å². The number of nitro benzene ring substituents is 1. The third-order valence-electron chi connectivity index (χ3n) is 4.72. The summed E-state index contributed by atoms with van der Waals surface area (Å²) in [5.74, 6) is 0.855. The Kier molecular flexibility index (Phi) is 4.80. The minimum Gasteiger partial charge on any atom is -0.354 e. The van der Waals surface area contributed by atoms with E-state index in [4.69, 9.17) is 4.99 Å². The van der Waals surface area contributed by atoms with Gasteiger partial charge in [0, 0.05) is 43.9 Å². The van der Waals surface area contributed by atoms with Gasteiger partial charge >= 0.3 is 0 Å². The van der Waals surface area contributed by atoms with Crippen LogP contribution in [0, 0.1) is 10.1 Å². The number of aliphatic imine (C=N–C) groups is 1. The second kappa shape index (κ2) is 7.55. The van der Waals surface area contributed by atoms with E-state index < -0.39 is 0 Å². The first-order valence-corrected chi connectivity index (χ1v) is 8.99. The Morgan fingerprint density at radius 3 is 2.56 bits per heavy atom. The average Bonchev–Trinajstić information content (AvgIpc) is 2.72. The molecule has 27 heavy (non-hydrogen) atoms. The third kappa shape index (κ3) is 3.66. The van der Waals surface area contributed by atoms with Crippen molar-refractivity contribution in [2.75, 3.05) is 26.2 Å². The number of rotatable bonds is 3. The summed E-state index contributed by atoms with van der Waals surface area (Å²) in [5, 5.41) is 16.8. The lowest BCUT2D eigenvalue weighted by Gasteiger charge is -2.31. The number of hydrogen-bond acceptors (Lipinski definition) is 4. The lowest BCUT2D eigenvalue weighted by molar-refractivity contribution is -0.384. The molecule has 3 aromatic carbocycles. The van der Waals surface area contributed by atoms with Crippen molar-refractivity contribution in [3.8, 4) is 0 Å². The molecule has 6 heteroatoms. The summed E-state index contributed by atoms with van der Waals surface area (Å²) >= 11 is 0. The first-order chi connectivity index (χ1) is 13.2.